The van der Waals surface area contributed by atoms with E-state index in [1.807, 2.05) is 6.92 Å². The molecule has 0 radical (unpaired) electrons. The Balaban J connectivity index is 1.79. The molecule has 0 amide bonds. The van der Waals surface area contributed by atoms with Crippen LogP contribution in [0.1, 0.15) is 12.5 Å². The number of ether oxygens (including phenoxy) is 3. The van der Waals surface area contributed by atoms with Crippen molar-refractivity contribution in [3.8, 4) is 17.2 Å². The van der Waals surface area contributed by atoms with Crippen molar-refractivity contribution in [3.05, 3.63) is 62.8 Å². The first-order chi connectivity index (χ1) is 14.5. The largest absolute Gasteiger partial charge is 0.497 e. The lowest BCUT2D eigenvalue weighted by Crippen LogP contribution is -2.32. The first-order valence-electron chi connectivity index (χ1n) is 9.25. The maximum atomic E-state index is 12.9. The number of fused-ring (bicyclic) bond motifs is 3. The summed E-state index contributed by atoms with van der Waals surface area (Å²) in [5, 5.41) is 4.76. The third kappa shape index (κ3) is 3.30. The van der Waals surface area contributed by atoms with E-state index in [-0.39, 0.29) is 5.52 Å². The van der Waals surface area contributed by atoms with E-state index in [4.69, 9.17) is 14.2 Å². The molecule has 0 spiro atoms. The Hall–Kier alpha value is -4.01. The lowest BCUT2D eigenvalue weighted by Gasteiger charge is -2.09. The summed E-state index contributed by atoms with van der Waals surface area (Å²) >= 11 is 0. The van der Waals surface area contributed by atoms with Crippen LogP contribution in [-0.2, 0) is 0 Å². The number of rotatable bonds is 6. The molecule has 2 heterocycles. The Morgan fingerprint density at radius 2 is 1.83 bits per heavy atom. The second-order valence-corrected chi connectivity index (χ2v) is 6.42. The second-order valence-electron chi connectivity index (χ2n) is 6.42. The Morgan fingerprint density at radius 1 is 1.00 bits per heavy atom. The van der Waals surface area contributed by atoms with Crippen molar-refractivity contribution in [1.82, 2.24) is 14.6 Å². The third-order valence-electron chi connectivity index (χ3n) is 4.65. The highest BCUT2D eigenvalue weighted by molar-refractivity contribution is 6.04. The monoisotopic (exact) mass is 408 g/mol. The standard InChI is InChI=1S/C21H20N4O5/c1-4-30-16-8-5-12(9-17(16)29-3)11-22-25-20(26)19-18(24-21(25)27)14-10-13(28-2)6-7-15(14)23-19/h5-11,23H,4H2,1-3H3,(H,24,27)/b22-11-. The highest BCUT2D eigenvalue weighted by Gasteiger charge is 2.13. The Labute approximate surface area is 170 Å². The van der Waals surface area contributed by atoms with E-state index < -0.39 is 11.2 Å². The second kappa shape index (κ2) is 7.78. The minimum atomic E-state index is -0.648. The number of hydrogen-bond donors (Lipinski definition) is 2. The number of hydrogen-bond acceptors (Lipinski definition) is 6. The van der Waals surface area contributed by atoms with Gasteiger partial charge in [0.1, 0.15) is 11.3 Å². The summed E-state index contributed by atoms with van der Waals surface area (Å²) in [6.45, 7) is 2.38. The molecule has 0 unspecified atom stereocenters. The van der Waals surface area contributed by atoms with Gasteiger partial charge in [0.05, 0.1) is 32.6 Å². The third-order valence-corrected chi connectivity index (χ3v) is 4.65. The van der Waals surface area contributed by atoms with Crippen LogP contribution in [0, 0.1) is 0 Å². The van der Waals surface area contributed by atoms with Crippen LogP contribution in [-0.4, -0.2) is 41.7 Å². The molecule has 2 aromatic carbocycles. The Kier molecular flexibility index (Phi) is 5.01. The lowest BCUT2D eigenvalue weighted by atomic mass is 10.2. The molecule has 2 aromatic heterocycles. The summed E-state index contributed by atoms with van der Waals surface area (Å²) in [5.74, 6) is 1.75. The summed E-state index contributed by atoms with van der Waals surface area (Å²) in [7, 11) is 3.09. The van der Waals surface area contributed by atoms with Gasteiger partial charge in [0.2, 0.25) is 0 Å². The van der Waals surface area contributed by atoms with Crippen molar-refractivity contribution < 1.29 is 14.2 Å². The Morgan fingerprint density at radius 3 is 2.57 bits per heavy atom. The van der Waals surface area contributed by atoms with Crippen LogP contribution >= 0.6 is 0 Å². The number of aromatic amines is 2. The van der Waals surface area contributed by atoms with E-state index in [1.165, 1.54) is 13.3 Å². The number of nitrogens with zero attached hydrogens (tertiary/aromatic N) is 2. The molecular formula is C21H20N4O5. The topological polar surface area (TPSA) is 111 Å². The fourth-order valence-corrected chi connectivity index (χ4v) is 3.21. The molecule has 0 bridgehead atoms. The van der Waals surface area contributed by atoms with Gasteiger partial charge in [-0.25, -0.2) is 4.79 Å². The molecule has 0 aliphatic carbocycles. The van der Waals surface area contributed by atoms with Crippen LogP contribution in [0.25, 0.3) is 21.9 Å². The van der Waals surface area contributed by atoms with Crippen LogP contribution in [0.4, 0.5) is 0 Å². The molecule has 2 N–H and O–H groups in total. The molecule has 9 heteroatoms. The van der Waals surface area contributed by atoms with Crippen LogP contribution < -0.4 is 25.5 Å². The van der Waals surface area contributed by atoms with Crippen molar-refractivity contribution in [2.45, 2.75) is 6.92 Å². The predicted octanol–water partition coefficient (Wildman–Crippen LogP) is 2.47. The SMILES string of the molecule is CCOc1ccc(/C=N\n2c(=O)[nH]c3c([nH]c4ccc(OC)cc43)c2=O)cc1OC. The highest BCUT2D eigenvalue weighted by atomic mass is 16.5. The van der Waals surface area contributed by atoms with Gasteiger partial charge in [-0.3, -0.25) is 4.79 Å². The normalized spacial score (nSPS) is 11.4. The van der Waals surface area contributed by atoms with E-state index in [0.29, 0.717) is 45.8 Å². The molecule has 9 nitrogen and oxygen atoms in total. The predicted molar refractivity (Wildman–Crippen MR) is 114 cm³/mol. The molecule has 4 aromatic rings. The van der Waals surface area contributed by atoms with Crippen molar-refractivity contribution in [1.29, 1.82) is 0 Å². The van der Waals surface area contributed by atoms with Crippen molar-refractivity contribution in [2.75, 3.05) is 20.8 Å². The first-order valence-corrected chi connectivity index (χ1v) is 9.25. The molecule has 0 aliphatic heterocycles. The van der Waals surface area contributed by atoms with Gasteiger partial charge in [-0.15, -0.1) is 4.68 Å². The van der Waals surface area contributed by atoms with Gasteiger partial charge in [0, 0.05) is 10.9 Å². The molecule has 4 rings (SSSR count). The average molecular weight is 408 g/mol. The van der Waals surface area contributed by atoms with E-state index >= 15 is 0 Å². The van der Waals surface area contributed by atoms with Gasteiger partial charge >= 0.3 is 11.2 Å². The number of aromatic nitrogens is 3. The van der Waals surface area contributed by atoms with Gasteiger partial charge < -0.3 is 24.2 Å². The fourth-order valence-electron chi connectivity index (χ4n) is 3.21. The number of benzene rings is 2. The zero-order valence-electron chi connectivity index (χ0n) is 16.7. The molecular weight excluding hydrogens is 388 g/mol. The summed E-state index contributed by atoms with van der Waals surface area (Å²) in [5.41, 5.74) is 0.801. The minimum absolute atomic E-state index is 0.249. The van der Waals surface area contributed by atoms with Gasteiger partial charge in [-0.1, -0.05) is 0 Å². The van der Waals surface area contributed by atoms with Gasteiger partial charge in [0.25, 0.3) is 0 Å². The first kappa shape index (κ1) is 19.3. The van der Waals surface area contributed by atoms with Crippen LogP contribution in [0.2, 0.25) is 0 Å². The summed E-state index contributed by atoms with van der Waals surface area (Å²) in [6.07, 6.45) is 1.41. The Bertz CT molecular complexity index is 1380. The maximum Gasteiger partial charge on any atom is 0.350 e. The molecule has 0 saturated carbocycles. The van der Waals surface area contributed by atoms with E-state index in [9.17, 15) is 9.59 Å². The average Bonchev–Trinajstić information content (AvgIpc) is 3.12. The maximum absolute atomic E-state index is 12.9. The number of methoxy groups -OCH3 is 2. The zero-order valence-corrected chi connectivity index (χ0v) is 16.7. The number of H-pyrrole nitrogens is 2. The smallest absolute Gasteiger partial charge is 0.350 e. The molecule has 0 atom stereocenters. The summed E-state index contributed by atoms with van der Waals surface area (Å²) in [4.78, 5) is 31.2. The highest BCUT2D eigenvalue weighted by Crippen LogP contribution is 2.27. The molecule has 0 saturated heterocycles. The molecule has 154 valence electrons. The van der Waals surface area contributed by atoms with Crippen LogP contribution in [0.15, 0.2) is 51.1 Å². The quantitative estimate of drug-likeness (QED) is 0.476. The zero-order chi connectivity index (χ0) is 21.3. The van der Waals surface area contributed by atoms with Gasteiger partial charge in [-0.05, 0) is 48.9 Å². The van der Waals surface area contributed by atoms with E-state index in [2.05, 4.69) is 15.1 Å². The molecule has 30 heavy (non-hydrogen) atoms. The van der Waals surface area contributed by atoms with Gasteiger partial charge in [-0.2, -0.15) is 5.10 Å². The van der Waals surface area contributed by atoms with Crippen molar-refractivity contribution >= 4 is 28.2 Å². The van der Waals surface area contributed by atoms with Crippen LogP contribution in [0.3, 0.4) is 0 Å². The molecule has 0 fully saturated rings. The van der Waals surface area contributed by atoms with Crippen LogP contribution in [0.5, 0.6) is 17.2 Å². The molecule has 0 aliphatic rings. The minimum Gasteiger partial charge on any atom is -0.497 e. The van der Waals surface area contributed by atoms with E-state index in [1.54, 1.807) is 43.5 Å². The van der Waals surface area contributed by atoms with Crippen molar-refractivity contribution in [3.63, 3.8) is 0 Å². The summed E-state index contributed by atoms with van der Waals surface area (Å²) < 4.78 is 16.8. The van der Waals surface area contributed by atoms with E-state index in [0.717, 1.165) is 4.68 Å². The van der Waals surface area contributed by atoms with Gasteiger partial charge in [0.15, 0.2) is 11.5 Å². The van der Waals surface area contributed by atoms with Crippen molar-refractivity contribution in [2.24, 2.45) is 5.10 Å². The summed E-state index contributed by atoms with van der Waals surface area (Å²) in [6, 6.07) is 10.5. The fraction of sp³-hybridized carbons (Fsp3) is 0.190. The number of nitrogens with one attached hydrogen (secondary N) is 2. The lowest BCUT2D eigenvalue weighted by molar-refractivity contribution is 0.311.